The molecule has 0 radical (unpaired) electrons. The molecule has 1 saturated heterocycles. The van der Waals surface area contributed by atoms with Crippen LogP contribution in [0.3, 0.4) is 0 Å². The zero-order valence-electron chi connectivity index (χ0n) is 66.4. The molecule has 12 aromatic carbocycles. The zero-order chi connectivity index (χ0) is 92.2. The minimum atomic E-state index is -4.85. The molecule has 0 N–H and O–H groups in total. The summed E-state index contributed by atoms with van der Waals surface area (Å²) in [4.78, 5) is 0. The van der Waals surface area contributed by atoms with Crippen LogP contribution in [0.5, 0.6) is 23.0 Å². The number of hydrogen-bond acceptors (Lipinski definition) is 6. The Balaban J connectivity index is 0.000000210. The van der Waals surface area contributed by atoms with Crippen molar-refractivity contribution in [1.82, 2.24) is 0 Å². The van der Waals surface area contributed by atoms with Crippen molar-refractivity contribution in [2.75, 3.05) is 0 Å². The van der Waals surface area contributed by atoms with E-state index in [2.05, 4.69) is 48.7 Å². The van der Waals surface area contributed by atoms with Crippen molar-refractivity contribution in [2.45, 2.75) is 136 Å². The Morgan fingerprint density at radius 3 is 0.787 bits per heavy atom. The van der Waals surface area contributed by atoms with Crippen molar-refractivity contribution in [3.05, 3.63) is 337 Å². The van der Waals surface area contributed by atoms with E-state index in [9.17, 15) is 74.6 Å². The standard InChI is InChI=1S/C43H27F13O2.C25H19BF8O3.C24H20BrF5O.CH4/c1-2-3-4-5-22-6-8-23(9-7-22)24-14-33(46)39(34(47)15-24)42(53,54)57-27-10-12-29(31(44)20-27)25-16-35(48)40(36(49)17-25)43(55,56)58-28-11-13-30(32(45)21-28)26-18-37(50)41(52)38(51)19-26;1-23(2)24(3,4)37-26(36-23)13-9-17(28)21(18(29)10-13)25(33,34)35-14-5-6-15(16(27)11-14)12-7-19(30)22(32)20(31)8-12;1-2-3-4-5-15-6-8-16(9-7-15)17-12-21(27)23(22(28)13-17)24(29,30)31-18-10-11-19(25)20(26)14-18;/h6-21H,2-5H2,1H3;5-11H,1-4H3;6-14H,2-5H2,1H3;1H4. The molecule has 0 saturated carbocycles. The summed E-state index contributed by atoms with van der Waals surface area (Å²) < 4.78 is 406. The van der Waals surface area contributed by atoms with Gasteiger partial charge in [-0.2, -0.15) is 35.1 Å². The average molecular weight is 1870 g/mol. The third-order valence-electron chi connectivity index (χ3n) is 20.2. The molecule has 0 spiro atoms. The van der Waals surface area contributed by atoms with Gasteiger partial charge in [0.15, 0.2) is 34.9 Å². The van der Waals surface area contributed by atoms with E-state index in [1.807, 2.05) is 12.1 Å². The number of benzene rings is 12. The molecular weight excluding hydrogens is 1800 g/mol. The van der Waals surface area contributed by atoms with Crippen LogP contribution < -0.4 is 24.4 Å². The van der Waals surface area contributed by atoms with Crippen LogP contribution in [0.2, 0.25) is 0 Å². The van der Waals surface area contributed by atoms with Crippen molar-refractivity contribution in [1.29, 1.82) is 0 Å². The van der Waals surface area contributed by atoms with Crippen LogP contribution in [0.1, 0.15) is 121 Å². The smallest absolute Gasteiger partial charge is 0.429 e. The van der Waals surface area contributed by atoms with Crippen molar-refractivity contribution in [2.24, 2.45) is 0 Å². The third-order valence-corrected chi connectivity index (χ3v) is 20.8. The Labute approximate surface area is 718 Å². The summed E-state index contributed by atoms with van der Waals surface area (Å²) in [7, 11) is -1.22. The summed E-state index contributed by atoms with van der Waals surface area (Å²) in [6.07, 6.45) is -10.5. The lowest BCUT2D eigenvalue weighted by Crippen LogP contribution is -2.41. The molecule has 670 valence electrons. The molecular formula is C93H70BBrF26O6. The lowest BCUT2D eigenvalue weighted by molar-refractivity contribution is -0.190. The van der Waals surface area contributed by atoms with Crippen LogP contribution in [0.4, 0.5) is 114 Å². The molecule has 1 aliphatic heterocycles. The molecule has 34 heteroatoms. The van der Waals surface area contributed by atoms with E-state index in [1.165, 1.54) is 0 Å². The van der Waals surface area contributed by atoms with E-state index in [4.69, 9.17) is 9.31 Å². The topological polar surface area (TPSA) is 55.4 Å². The van der Waals surface area contributed by atoms with Crippen LogP contribution in [-0.4, -0.2) is 18.3 Å². The van der Waals surface area contributed by atoms with Gasteiger partial charge in [0.2, 0.25) is 0 Å². The quantitative estimate of drug-likeness (QED) is 0.0233. The number of aryl methyl sites for hydroxylation is 2. The average Bonchev–Trinajstić information content (AvgIpc) is 1.75. The summed E-state index contributed by atoms with van der Waals surface area (Å²) in [5.74, 6) is -32.0. The van der Waals surface area contributed by atoms with Gasteiger partial charge in [-0.3, -0.25) is 0 Å². The second kappa shape index (κ2) is 39.4. The van der Waals surface area contributed by atoms with Crippen molar-refractivity contribution in [3.63, 3.8) is 0 Å². The Bertz CT molecular complexity index is 5860. The second-order valence-electron chi connectivity index (χ2n) is 29.7. The predicted molar refractivity (Wildman–Crippen MR) is 426 cm³/mol. The highest BCUT2D eigenvalue weighted by Gasteiger charge is 2.53. The first kappa shape index (κ1) is 97.7. The summed E-state index contributed by atoms with van der Waals surface area (Å²) in [5.41, 5.74) is -9.26. The Morgan fingerprint density at radius 2 is 0.528 bits per heavy atom. The molecule has 13 rings (SSSR count). The van der Waals surface area contributed by atoms with E-state index in [0.717, 1.165) is 105 Å². The van der Waals surface area contributed by atoms with Crippen molar-refractivity contribution < 1.29 is 142 Å². The van der Waals surface area contributed by atoms with Crippen LogP contribution in [0.15, 0.2) is 199 Å². The fourth-order valence-corrected chi connectivity index (χ4v) is 13.3. The SMILES string of the molecule is C.CC1(C)OB(c2cc(F)c(C(F)(F)Oc3ccc(-c4cc(F)c(F)c(F)c4)c(F)c3)c(F)c2)OC1(C)C.CCCCCc1ccc(-c2cc(F)c(C(F)(F)Oc3ccc(-c4cc(F)c(C(F)(F)Oc5ccc(-c6cc(F)c(F)c(F)c6)c(F)c5)c(F)c4)c(F)c3)c(F)c2)cc1.CCCCCc1ccc(-c2cc(F)c(C(F)(F)Oc3ccc(Br)c(F)c3)c(F)c2)cc1. The van der Waals surface area contributed by atoms with E-state index >= 15 is 39.5 Å². The van der Waals surface area contributed by atoms with Crippen LogP contribution in [-0.2, 0) is 46.6 Å². The summed E-state index contributed by atoms with van der Waals surface area (Å²) >= 11 is 2.89. The van der Waals surface area contributed by atoms with Gasteiger partial charge in [-0.25, -0.2) is 79.0 Å². The molecule has 0 amide bonds. The Morgan fingerprint density at radius 1 is 0.283 bits per heavy atom. The normalized spacial score (nSPS) is 13.2. The maximum atomic E-state index is 15.2. The largest absolute Gasteiger partial charge is 0.495 e. The molecule has 1 aliphatic rings. The minimum Gasteiger partial charge on any atom is -0.429 e. The van der Waals surface area contributed by atoms with Gasteiger partial charge in [0.05, 0.1) is 15.7 Å². The molecule has 0 bridgehead atoms. The third kappa shape index (κ3) is 22.5. The number of unbranched alkanes of at least 4 members (excludes halogenated alkanes) is 4. The lowest BCUT2D eigenvalue weighted by atomic mass is 9.78. The maximum Gasteiger partial charge on any atom is 0.495 e. The number of halogens is 27. The second-order valence-corrected chi connectivity index (χ2v) is 30.5. The van der Waals surface area contributed by atoms with Crippen molar-refractivity contribution in [3.8, 4) is 78.6 Å². The minimum absolute atomic E-state index is 0. The van der Waals surface area contributed by atoms with Gasteiger partial charge >= 0.3 is 31.6 Å². The highest BCUT2D eigenvalue weighted by atomic mass is 79.9. The fraction of sp³-hybridized carbons (Fsp3) is 0.226. The molecule has 0 aliphatic carbocycles. The highest BCUT2D eigenvalue weighted by molar-refractivity contribution is 9.10. The van der Waals surface area contributed by atoms with E-state index in [-0.39, 0.29) is 40.6 Å². The van der Waals surface area contributed by atoms with Gasteiger partial charge in [-0.15, -0.1) is 0 Å². The van der Waals surface area contributed by atoms with Crippen LogP contribution in [0.25, 0.3) is 55.6 Å². The monoisotopic (exact) mass is 1870 g/mol. The van der Waals surface area contributed by atoms with Crippen molar-refractivity contribution >= 4 is 28.5 Å². The molecule has 0 unspecified atom stereocenters. The maximum absolute atomic E-state index is 15.2. The zero-order valence-corrected chi connectivity index (χ0v) is 67.9. The first-order chi connectivity index (χ1) is 59.1. The summed E-state index contributed by atoms with van der Waals surface area (Å²) in [5, 5.41) is 0. The van der Waals surface area contributed by atoms with Gasteiger partial charge in [0.25, 0.3) is 0 Å². The molecule has 12 aromatic rings. The molecule has 1 fully saturated rings. The van der Waals surface area contributed by atoms with Gasteiger partial charge in [0, 0.05) is 41.0 Å². The molecule has 127 heavy (non-hydrogen) atoms. The Hall–Kier alpha value is -11.5. The predicted octanol–water partition coefficient (Wildman–Crippen LogP) is 29.6. The number of ether oxygens (including phenoxy) is 4. The van der Waals surface area contributed by atoms with Crippen LogP contribution >= 0.6 is 15.9 Å². The van der Waals surface area contributed by atoms with Crippen LogP contribution in [0, 0.1) is 105 Å². The summed E-state index contributed by atoms with van der Waals surface area (Å²) in [6.45, 7) is 11.0. The Kier molecular flexibility index (Phi) is 30.3. The molecule has 0 aromatic heterocycles. The lowest BCUT2D eigenvalue weighted by Gasteiger charge is -2.32. The van der Waals surface area contributed by atoms with Gasteiger partial charge in [0.1, 0.15) is 115 Å². The molecule has 1 heterocycles. The number of hydrogen-bond donors (Lipinski definition) is 0. The fourth-order valence-electron chi connectivity index (χ4n) is 13.1. The molecule has 6 nitrogen and oxygen atoms in total. The molecule has 0 atom stereocenters. The van der Waals surface area contributed by atoms with E-state index in [1.54, 1.807) is 64.1 Å². The summed E-state index contributed by atoms with van der Waals surface area (Å²) in [6, 6.07) is 28.9. The van der Waals surface area contributed by atoms with E-state index in [0.29, 0.717) is 102 Å². The first-order valence-corrected chi connectivity index (χ1v) is 38.8. The van der Waals surface area contributed by atoms with Gasteiger partial charge in [-0.1, -0.05) is 95.5 Å². The number of rotatable bonds is 26. The van der Waals surface area contributed by atoms with E-state index < -0.39 is 226 Å². The van der Waals surface area contributed by atoms with Gasteiger partial charge < -0.3 is 28.3 Å². The number of alkyl halides is 8. The first-order valence-electron chi connectivity index (χ1n) is 38.0. The van der Waals surface area contributed by atoms with Gasteiger partial charge in [-0.05, 0) is 246 Å². The highest BCUT2D eigenvalue weighted by Crippen LogP contribution is 2.46.